The highest BCUT2D eigenvalue weighted by atomic mass is 16.7. The summed E-state index contributed by atoms with van der Waals surface area (Å²) in [4.78, 5) is 0. The lowest BCUT2D eigenvalue weighted by atomic mass is 9.94. The van der Waals surface area contributed by atoms with Gasteiger partial charge in [-0.2, -0.15) is 0 Å². The molecule has 0 radical (unpaired) electrons. The molecule has 0 aromatic rings. The molecule has 3 nitrogen and oxygen atoms in total. The minimum absolute atomic E-state index is 0.222. The second-order valence-corrected chi connectivity index (χ2v) is 5.06. The van der Waals surface area contributed by atoms with E-state index in [-0.39, 0.29) is 5.79 Å². The predicted molar refractivity (Wildman–Crippen MR) is 64.4 cm³/mol. The van der Waals surface area contributed by atoms with Gasteiger partial charge in [0.25, 0.3) is 0 Å². The van der Waals surface area contributed by atoms with E-state index in [1.165, 1.54) is 32.1 Å². The van der Waals surface area contributed by atoms with Gasteiger partial charge in [-0.25, -0.2) is 0 Å². The third-order valence-electron chi connectivity index (χ3n) is 3.72. The standard InChI is InChI=1S/C13H25NO2/c1-2-3-4-5-6-12-11-13(7-8-14-12)15-9-10-16-13/h12,14H,2-11H2,1H3. The summed E-state index contributed by atoms with van der Waals surface area (Å²) < 4.78 is 11.6. The van der Waals surface area contributed by atoms with Crippen molar-refractivity contribution >= 4 is 0 Å². The Morgan fingerprint density at radius 2 is 2.00 bits per heavy atom. The van der Waals surface area contributed by atoms with Gasteiger partial charge in [-0.1, -0.05) is 32.6 Å². The average molecular weight is 227 g/mol. The summed E-state index contributed by atoms with van der Waals surface area (Å²) >= 11 is 0. The lowest BCUT2D eigenvalue weighted by Crippen LogP contribution is -2.48. The summed E-state index contributed by atoms with van der Waals surface area (Å²) in [5.41, 5.74) is 0. The van der Waals surface area contributed by atoms with Crippen LogP contribution >= 0.6 is 0 Å². The molecule has 2 aliphatic rings. The van der Waals surface area contributed by atoms with E-state index < -0.39 is 0 Å². The van der Waals surface area contributed by atoms with Crippen molar-refractivity contribution in [1.29, 1.82) is 0 Å². The molecule has 1 N–H and O–H groups in total. The van der Waals surface area contributed by atoms with Crippen molar-refractivity contribution in [2.24, 2.45) is 0 Å². The number of piperidine rings is 1. The fraction of sp³-hybridized carbons (Fsp3) is 1.00. The highest BCUT2D eigenvalue weighted by Gasteiger charge is 2.40. The van der Waals surface area contributed by atoms with Crippen LogP contribution in [0, 0.1) is 0 Å². The van der Waals surface area contributed by atoms with E-state index in [9.17, 15) is 0 Å². The number of nitrogens with one attached hydrogen (secondary N) is 1. The first kappa shape index (κ1) is 12.3. The first-order chi connectivity index (χ1) is 7.85. The molecular weight excluding hydrogens is 202 g/mol. The molecule has 0 aromatic carbocycles. The number of hydrogen-bond donors (Lipinski definition) is 1. The van der Waals surface area contributed by atoms with E-state index in [2.05, 4.69) is 12.2 Å². The van der Waals surface area contributed by atoms with E-state index >= 15 is 0 Å². The van der Waals surface area contributed by atoms with Gasteiger partial charge in [0.1, 0.15) is 0 Å². The Kier molecular flexibility index (Phi) is 4.62. The zero-order chi connectivity index (χ0) is 11.3. The smallest absolute Gasteiger partial charge is 0.171 e. The molecule has 2 aliphatic heterocycles. The summed E-state index contributed by atoms with van der Waals surface area (Å²) in [5, 5.41) is 3.59. The van der Waals surface area contributed by atoms with Crippen molar-refractivity contribution in [3.05, 3.63) is 0 Å². The van der Waals surface area contributed by atoms with Crippen molar-refractivity contribution < 1.29 is 9.47 Å². The molecule has 2 fully saturated rings. The van der Waals surface area contributed by atoms with E-state index in [4.69, 9.17) is 9.47 Å². The van der Waals surface area contributed by atoms with Crippen LogP contribution in [0.3, 0.4) is 0 Å². The second-order valence-electron chi connectivity index (χ2n) is 5.06. The van der Waals surface area contributed by atoms with Crippen LogP contribution in [-0.2, 0) is 9.47 Å². The topological polar surface area (TPSA) is 30.5 Å². The van der Waals surface area contributed by atoms with Crippen molar-refractivity contribution in [3.63, 3.8) is 0 Å². The largest absolute Gasteiger partial charge is 0.347 e. The molecule has 16 heavy (non-hydrogen) atoms. The number of unbranched alkanes of at least 4 members (excludes halogenated alkanes) is 3. The Morgan fingerprint density at radius 1 is 1.19 bits per heavy atom. The SMILES string of the molecule is CCCCCCC1CC2(CCN1)OCCO2. The van der Waals surface area contributed by atoms with Gasteiger partial charge in [0, 0.05) is 25.4 Å². The summed E-state index contributed by atoms with van der Waals surface area (Å²) in [5.74, 6) is -0.222. The van der Waals surface area contributed by atoms with Crippen LogP contribution in [0.2, 0.25) is 0 Å². The molecule has 0 bridgehead atoms. The fourth-order valence-corrected chi connectivity index (χ4v) is 2.80. The minimum atomic E-state index is -0.222. The van der Waals surface area contributed by atoms with Crippen LogP contribution in [0.1, 0.15) is 51.9 Å². The maximum atomic E-state index is 5.78. The van der Waals surface area contributed by atoms with Gasteiger partial charge in [0.15, 0.2) is 5.79 Å². The first-order valence-corrected chi connectivity index (χ1v) is 6.86. The zero-order valence-corrected chi connectivity index (χ0v) is 10.5. The Hall–Kier alpha value is -0.120. The van der Waals surface area contributed by atoms with Gasteiger partial charge in [-0.3, -0.25) is 0 Å². The number of rotatable bonds is 5. The summed E-state index contributed by atoms with van der Waals surface area (Å²) in [7, 11) is 0. The Bertz CT molecular complexity index is 202. The monoisotopic (exact) mass is 227 g/mol. The Balaban J connectivity index is 1.70. The fourth-order valence-electron chi connectivity index (χ4n) is 2.80. The van der Waals surface area contributed by atoms with Crippen LogP contribution in [0.4, 0.5) is 0 Å². The molecule has 2 heterocycles. The number of hydrogen-bond acceptors (Lipinski definition) is 3. The van der Waals surface area contributed by atoms with Crippen molar-refractivity contribution in [2.75, 3.05) is 19.8 Å². The van der Waals surface area contributed by atoms with Crippen molar-refractivity contribution in [2.45, 2.75) is 63.7 Å². The minimum Gasteiger partial charge on any atom is -0.347 e. The molecule has 2 rings (SSSR count). The van der Waals surface area contributed by atoms with E-state index in [1.807, 2.05) is 0 Å². The maximum absolute atomic E-state index is 5.78. The lowest BCUT2D eigenvalue weighted by molar-refractivity contribution is -0.180. The first-order valence-electron chi connectivity index (χ1n) is 6.86. The van der Waals surface area contributed by atoms with Crippen LogP contribution in [0.15, 0.2) is 0 Å². The normalized spacial score (nSPS) is 28.7. The van der Waals surface area contributed by atoms with Crippen molar-refractivity contribution in [1.82, 2.24) is 5.32 Å². The molecule has 3 heteroatoms. The van der Waals surface area contributed by atoms with E-state index in [0.29, 0.717) is 6.04 Å². The zero-order valence-electron chi connectivity index (χ0n) is 10.5. The highest BCUT2D eigenvalue weighted by molar-refractivity contribution is 4.87. The van der Waals surface area contributed by atoms with E-state index in [0.717, 1.165) is 32.6 Å². The van der Waals surface area contributed by atoms with Gasteiger partial charge >= 0.3 is 0 Å². The molecule has 0 aromatic heterocycles. The van der Waals surface area contributed by atoms with Gasteiger partial charge in [0.2, 0.25) is 0 Å². The second kappa shape index (κ2) is 5.99. The Labute approximate surface area is 98.9 Å². The van der Waals surface area contributed by atoms with Crippen LogP contribution in [-0.4, -0.2) is 31.6 Å². The third kappa shape index (κ3) is 3.19. The summed E-state index contributed by atoms with van der Waals surface area (Å²) in [6, 6.07) is 0.601. The molecular formula is C13H25NO2. The quantitative estimate of drug-likeness (QED) is 0.732. The molecule has 0 aliphatic carbocycles. The van der Waals surface area contributed by atoms with Crippen molar-refractivity contribution in [3.8, 4) is 0 Å². The third-order valence-corrected chi connectivity index (χ3v) is 3.72. The molecule has 1 atom stereocenters. The molecule has 1 spiro atoms. The molecule has 94 valence electrons. The molecule has 2 saturated heterocycles. The van der Waals surface area contributed by atoms with Gasteiger partial charge in [-0.15, -0.1) is 0 Å². The molecule has 1 unspecified atom stereocenters. The van der Waals surface area contributed by atoms with Gasteiger partial charge in [0.05, 0.1) is 13.2 Å². The summed E-state index contributed by atoms with van der Waals surface area (Å²) in [6.45, 7) is 4.86. The highest BCUT2D eigenvalue weighted by Crippen LogP contribution is 2.32. The van der Waals surface area contributed by atoms with Gasteiger partial charge < -0.3 is 14.8 Å². The van der Waals surface area contributed by atoms with Crippen LogP contribution in [0.25, 0.3) is 0 Å². The lowest BCUT2D eigenvalue weighted by Gasteiger charge is -2.37. The molecule has 0 saturated carbocycles. The van der Waals surface area contributed by atoms with Crippen LogP contribution in [0.5, 0.6) is 0 Å². The molecule has 0 amide bonds. The number of ether oxygens (including phenoxy) is 2. The Morgan fingerprint density at radius 3 is 2.75 bits per heavy atom. The van der Waals surface area contributed by atoms with Gasteiger partial charge in [-0.05, 0) is 6.42 Å². The predicted octanol–water partition coefficient (Wildman–Crippen LogP) is 2.45. The summed E-state index contributed by atoms with van der Waals surface area (Å²) in [6.07, 6.45) is 8.70. The van der Waals surface area contributed by atoms with E-state index in [1.54, 1.807) is 0 Å². The average Bonchev–Trinajstić information content (AvgIpc) is 2.73. The van der Waals surface area contributed by atoms with Crippen LogP contribution < -0.4 is 5.32 Å². The maximum Gasteiger partial charge on any atom is 0.171 e.